The number of hydrogen-bond acceptors (Lipinski definition) is 4. The van der Waals surface area contributed by atoms with Gasteiger partial charge in [-0.15, -0.1) is 0 Å². The number of aryl methyl sites for hydroxylation is 2. The molecule has 5 aromatic rings. The second kappa shape index (κ2) is 9.46. The van der Waals surface area contributed by atoms with Crippen LogP contribution in [-0.2, 0) is 5.60 Å². The van der Waals surface area contributed by atoms with Crippen molar-refractivity contribution in [3.63, 3.8) is 0 Å². The number of rotatable bonds is 5. The lowest BCUT2D eigenvalue weighted by molar-refractivity contribution is 0.0715. The van der Waals surface area contributed by atoms with Gasteiger partial charge in [-0.25, -0.2) is 18.2 Å². The molecule has 192 valence electrons. The van der Waals surface area contributed by atoms with Crippen molar-refractivity contribution < 1.29 is 22.7 Å². The summed E-state index contributed by atoms with van der Waals surface area (Å²) < 4.78 is 49.9. The van der Waals surface area contributed by atoms with Gasteiger partial charge in [-0.3, -0.25) is 9.36 Å². The van der Waals surface area contributed by atoms with E-state index in [2.05, 4.69) is 4.98 Å². The molecule has 0 saturated carbocycles. The Morgan fingerprint density at radius 2 is 1.58 bits per heavy atom. The maximum Gasteiger partial charge on any atom is 0.255 e. The zero-order valence-electron chi connectivity index (χ0n) is 20.8. The Balaban J connectivity index is 1.75. The summed E-state index contributed by atoms with van der Waals surface area (Å²) in [6.07, 6.45) is 1.50. The Hall–Kier alpha value is -4.43. The molecule has 5 nitrogen and oxygen atoms in total. The van der Waals surface area contributed by atoms with E-state index in [0.29, 0.717) is 27.9 Å². The summed E-state index contributed by atoms with van der Waals surface area (Å²) in [5.74, 6) is -2.24. The molecule has 0 aliphatic rings. The Morgan fingerprint density at radius 3 is 2.24 bits per heavy atom. The molecule has 0 radical (unpaired) electrons. The van der Waals surface area contributed by atoms with Gasteiger partial charge in [0.25, 0.3) is 5.56 Å². The number of benzene rings is 3. The molecule has 8 heteroatoms. The molecule has 0 spiro atoms. The summed E-state index contributed by atoms with van der Waals surface area (Å²) in [7, 11) is 0. The van der Waals surface area contributed by atoms with Gasteiger partial charge in [-0.1, -0.05) is 30.3 Å². The molecule has 1 atom stereocenters. The fraction of sp³-hybridized carbons (Fsp3) is 0.133. The van der Waals surface area contributed by atoms with Crippen LogP contribution in [0.2, 0.25) is 0 Å². The van der Waals surface area contributed by atoms with Crippen molar-refractivity contribution in [3.05, 3.63) is 129 Å². The number of hydrogen-bond donors (Lipinski definition) is 1. The Labute approximate surface area is 216 Å². The van der Waals surface area contributed by atoms with Crippen LogP contribution < -0.4 is 5.56 Å². The molecule has 2 aromatic heterocycles. The van der Waals surface area contributed by atoms with Crippen LogP contribution in [0.1, 0.15) is 29.5 Å². The van der Waals surface area contributed by atoms with Gasteiger partial charge in [0.1, 0.15) is 23.1 Å². The molecule has 3 aromatic carbocycles. The maximum atomic E-state index is 14.9. The monoisotopic (exact) mass is 516 g/mol. The fourth-order valence-corrected chi connectivity index (χ4v) is 4.55. The SMILES string of the molecule is Cc1cc(F)cc(C)c1-n1cc(-c2nc([C@@](C)(O)c3ccccc3)oc2-c2ccc(F)cc2F)ccc1=O. The normalized spacial score (nSPS) is 12.9. The molecule has 0 bridgehead atoms. The van der Waals surface area contributed by atoms with Crippen LogP contribution >= 0.6 is 0 Å². The van der Waals surface area contributed by atoms with Gasteiger partial charge in [0.05, 0.1) is 11.3 Å². The van der Waals surface area contributed by atoms with Gasteiger partial charge in [-0.05, 0) is 67.8 Å². The average molecular weight is 517 g/mol. The predicted octanol–water partition coefficient (Wildman–Crippen LogP) is 6.45. The van der Waals surface area contributed by atoms with Crippen molar-refractivity contribution in [2.75, 3.05) is 0 Å². The number of halogens is 3. The smallest absolute Gasteiger partial charge is 0.255 e. The van der Waals surface area contributed by atoms with Crippen LogP contribution in [0.15, 0.2) is 88.2 Å². The summed E-state index contributed by atoms with van der Waals surface area (Å²) in [5, 5.41) is 11.4. The van der Waals surface area contributed by atoms with Gasteiger partial charge in [0, 0.05) is 23.9 Å². The lowest BCUT2D eigenvalue weighted by Crippen LogP contribution is -2.23. The largest absolute Gasteiger partial charge is 0.436 e. The number of pyridine rings is 1. The van der Waals surface area contributed by atoms with E-state index in [-0.39, 0.29) is 28.5 Å². The summed E-state index contributed by atoms with van der Waals surface area (Å²) in [4.78, 5) is 17.4. The van der Waals surface area contributed by atoms with Crippen LogP contribution in [0.5, 0.6) is 0 Å². The maximum absolute atomic E-state index is 14.9. The zero-order chi connectivity index (χ0) is 27.2. The van der Waals surface area contributed by atoms with E-state index in [1.54, 1.807) is 44.2 Å². The molecular formula is C30H23F3N2O3. The van der Waals surface area contributed by atoms with Crippen molar-refractivity contribution in [3.8, 4) is 28.3 Å². The van der Waals surface area contributed by atoms with E-state index in [1.807, 2.05) is 0 Å². The summed E-state index contributed by atoms with van der Waals surface area (Å²) >= 11 is 0. The molecule has 0 aliphatic heterocycles. The highest BCUT2D eigenvalue weighted by molar-refractivity contribution is 5.77. The molecule has 0 unspecified atom stereocenters. The van der Waals surface area contributed by atoms with Gasteiger partial charge in [-0.2, -0.15) is 0 Å². The van der Waals surface area contributed by atoms with E-state index >= 15 is 0 Å². The Bertz CT molecular complexity index is 1700. The number of oxazole rings is 1. The van der Waals surface area contributed by atoms with E-state index < -0.39 is 23.1 Å². The van der Waals surface area contributed by atoms with Crippen molar-refractivity contribution in [1.29, 1.82) is 0 Å². The van der Waals surface area contributed by atoms with Gasteiger partial charge >= 0.3 is 0 Å². The van der Waals surface area contributed by atoms with Crippen LogP contribution in [0.4, 0.5) is 13.2 Å². The van der Waals surface area contributed by atoms with E-state index in [4.69, 9.17) is 4.42 Å². The molecule has 5 rings (SSSR count). The van der Waals surface area contributed by atoms with Crippen molar-refractivity contribution >= 4 is 0 Å². The van der Waals surface area contributed by atoms with Gasteiger partial charge in [0.15, 0.2) is 11.4 Å². The lowest BCUT2D eigenvalue weighted by atomic mass is 9.96. The molecular weight excluding hydrogens is 493 g/mol. The van der Waals surface area contributed by atoms with Crippen molar-refractivity contribution in [2.45, 2.75) is 26.4 Å². The molecule has 2 heterocycles. The first-order chi connectivity index (χ1) is 18.1. The highest BCUT2D eigenvalue weighted by atomic mass is 19.1. The second-order valence-electron chi connectivity index (χ2n) is 9.27. The first-order valence-corrected chi connectivity index (χ1v) is 11.8. The molecule has 0 amide bonds. The number of aromatic nitrogens is 2. The van der Waals surface area contributed by atoms with Crippen LogP contribution in [0.3, 0.4) is 0 Å². The Morgan fingerprint density at radius 1 is 0.895 bits per heavy atom. The van der Waals surface area contributed by atoms with Crippen LogP contribution in [-0.4, -0.2) is 14.7 Å². The van der Waals surface area contributed by atoms with Crippen LogP contribution in [0.25, 0.3) is 28.3 Å². The third-order valence-electron chi connectivity index (χ3n) is 6.44. The molecule has 0 fully saturated rings. The number of aliphatic hydroxyl groups is 1. The minimum atomic E-state index is -1.69. The van der Waals surface area contributed by atoms with Gasteiger partial charge < -0.3 is 9.52 Å². The summed E-state index contributed by atoms with van der Waals surface area (Å²) in [6.45, 7) is 4.87. The average Bonchev–Trinajstić information content (AvgIpc) is 3.31. The second-order valence-corrected chi connectivity index (χ2v) is 9.27. The van der Waals surface area contributed by atoms with Gasteiger partial charge in [0.2, 0.25) is 5.89 Å². The molecule has 1 N–H and O–H groups in total. The van der Waals surface area contributed by atoms with E-state index in [9.17, 15) is 23.1 Å². The van der Waals surface area contributed by atoms with Crippen LogP contribution in [0, 0.1) is 31.3 Å². The molecule has 0 saturated heterocycles. The quantitative estimate of drug-likeness (QED) is 0.292. The highest BCUT2D eigenvalue weighted by Gasteiger charge is 2.34. The standard InChI is InChI=1S/C30H23F3N2O3/c1-17-13-22(32)14-18(2)27(17)35-16-19(9-12-25(35)36)26-28(23-11-10-21(31)15-24(23)33)38-29(34-26)30(3,37)20-7-5-4-6-8-20/h4-16,37H,1-3H3/t30-/m0/s1. The highest BCUT2D eigenvalue weighted by Crippen LogP contribution is 2.39. The van der Waals surface area contributed by atoms with Crippen molar-refractivity contribution in [1.82, 2.24) is 9.55 Å². The third-order valence-corrected chi connectivity index (χ3v) is 6.44. The lowest BCUT2D eigenvalue weighted by Gasteiger charge is -2.19. The van der Waals surface area contributed by atoms with E-state index in [1.165, 1.54) is 48.0 Å². The summed E-state index contributed by atoms with van der Waals surface area (Å²) in [5.41, 5.74) is 0.423. The molecule has 0 aliphatic carbocycles. The Kier molecular flexibility index (Phi) is 6.28. The third kappa shape index (κ3) is 4.43. The molecule has 38 heavy (non-hydrogen) atoms. The topological polar surface area (TPSA) is 68.3 Å². The first kappa shape index (κ1) is 25.2. The number of nitrogens with zero attached hydrogens (tertiary/aromatic N) is 2. The van der Waals surface area contributed by atoms with Crippen molar-refractivity contribution in [2.24, 2.45) is 0 Å². The zero-order valence-corrected chi connectivity index (χ0v) is 20.8. The first-order valence-electron chi connectivity index (χ1n) is 11.8. The fourth-order valence-electron chi connectivity index (χ4n) is 4.55. The predicted molar refractivity (Wildman–Crippen MR) is 137 cm³/mol. The van der Waals surface area contributed by atoms with E-state index in [0.717, 1.165) is 12.1 Å². The minimum absolute atomic E-state index is 0.0496. The minimum Gasteiger partial charge on any atom is -0.436 e. The summed E-state index contributed by atoms with van der Waals surface area (Å²) in [6, 6.07) is 17.2.